The first-order valence-electron chi connectivity index (χ1n) is 8.60. The number of aryl methyl sites for hydroxylation is 2. The molecule has 1 aliphatic heterocycles. The molecule has 0 bridgehead atoms. The van der Waals surface area contributed by atoms with Crippen LogP contribution in [-0.2, 0) is 0 Å². The molecule has 4 rings (SSSR count). The van der Waals surface area contributed by atoms with Crippen molar-refractivity contribution in [3.05, 3.63) is 47.0 Å². The van der Waals surface area contributed by atoms with E-state index in [2.05, 4.69) is 19.7 Å². The number of likely N-dealkylation sites (tertiary alicyclic amines) is 1. The van der Waals surface area contributed by atoms with Gasteiger partial charge in [0.1, 0.15) is 4.88 Å². The second kappa shape index (κ2) is 6.95. The molecule has 4 heterocycles. The van der Waals surface area contributed by atoms with E-state index < -0.39 is 0 Å². The molecule has 7 nitrogen and oxygen atoms in total. The van der Waals surface area contributed by atoms with Crippen molar-refractivity contribution < 1.29 is 9.32 Å². The van der Waals surface area contributed by atoms with Crippen LogP contribution in [0, 0.1) is 13.8 Å². The highest BCUT2D eigenvalue weighted by Crippen LogP contribution is 2.35. The Bertz CT molecular complexity index is 935. The van der Waals surface area contributed by atoms with Gasteiger partial charge in [0, 0.05) is 37.0 Å². The quantitative estimate of drug-likeness (QED) is 0.705. The summed E-state index contributed by atoms with van der Waals surface area (Å²) in [5, 5.41) is 8.30. The molecule has 0 unspecified atom stereocenters. The monoisotopic (exact) mass is 369 g/mol. The Kier molecular flexibility index (Phi) is 4.50. The molecule has 0 aliphatic carbocycles. The third-order valence-electron chi connectivity index (χ3n) is 4.70. The second-order valence-electron chi connectivity index (χ2n) is 6.55. The number of hydrogen-bond donors (Lipinski definition) is 0. The molecular weight excluding hydrogens is 350 g/mol. The van der Waals surface area contributed by atoms with E-state index in [0.717, 1.165) is 41.3 Å². The molecule has 0 N–H and O–H groups in total. The molecular formula is C18H19N5O2S. The maximum Gasteiger partial charge on any atom is 0.255 e. The van der Waals surface area contributed by atoms with Crippen LogP contribution in [0.15, 0.2) is 28.9 Å². The lowest BCUT2D eigenvalue weighted by Gasteiger charge is -2.32. The number of pyridine rings is 1. The second-order valence-corrected chi connectivity index (χ2v) is 7.30. The lowest BCUT2D eigenvalue weighted by atomic mass is 9.93. The molecule has 1 atom stereocenters. The van der Waals surface area contributed by atoms with E-state index in [1.165, 1.54) is 11.5 Å². The Morgan fingerprint density at radius 2 is 2.27 bits per heavy atom. The van der Waals surface area contributed by atoms with Crippen LogP contribution >= 0.6 is 11.5 Å². The third-order valence-corrected chi connectivity index (χ3v) is 5.45. The number of carbonyl (C=O) groups excluding carboxylic acids is 1. The Hall–Kier alpha value is -2.61. The van der Waals surface area contributed by atoms with E-state index in [4.69, 9.17) is 4.52 Å². The fourth-order valence-electron chi connectivity index (χ4n) is 3.37. The van der Waals surface area contributed by atoms with Crippen molar-refractivity contribution in [1.29, 1.82) is 0 Å². The Labute approximate surface area is 155 Å². The standard InChI is InChI=1S/C18H19N5O2S/c1-11-9-15(25-21-11)17-16(20-22-26-17)13-5-4-8-23(10-13)18(24)14-6-3-7-19-12(14)2/h3,6-7,9,13H,4-5,8,10H2,1-2H3/t13-/m1/s1. The summed E-state index contributed by atoms with van der Waals surface area (Å²) in [6.45, 7) is 5.12. The third kappa shape index (κ3) is 3.12. The van der Waals surface area contributed by atoms with E-state index in [1.807, 2.05) is 30.9 Å². The van der Waals surface area contributed by atoms with Gasteiger partial charge in [-0.1, -0.05) is 9.64 Å². The van der Waals surface area contributed by atoms with Gasteiger partial charge in [-0.3, -0.25) is 9.78 Å². The first kappa shape index (κ1) is 16.8. The van der Waals surface area contributed by atoms with Crippen molar-refractivity contribution in [3.8, 4) is 10.6 Å². The highest BCUT2D eigenvalue weighted by Gasteiger charge is 2.30. The Morgan fingerprint density at radius 1 is 1.38 bits per heavy atom. The smallest absolute Gasteiger partial charge is 0.255 e. The van der Waals surface area contributed by atoms with E-state index >= 15 is 0 Å². The molecule has 3 aromatic heterocycles. The molecule has 134 valence electrons. The minimum absolute atomic E-state index is 0.0283. The molecule has 0 radical (unpaired) electrons. The van der Waals surface area contributed by atoms with Crippen LogP contribution in [0.4, 0.5) is 0 Å². The van der Waals surface area contributed by atoms with Gasteiger partial charge < -0.3 is 9.42 Å². The summed E-state index contributed by atoms with van der Waals surface area (Å²) >= 11 is 1.31. The molecule has 1 amide bonds. The topological polar surface area (TPSA) is 85.0 Å². The molecule has 1 aliphatic rings. The van der Waals surface area contributed by atoms with Gasteiger partial charge >= 0.3 is 0 Å². The summed E-state index contributed by atoms with van der Waals surface area (Å²) in [5.74, 6) is 0.864. The van der Waals surface area contributed by atoms with Gasteiger partial charge in [-0.2, -0.15) is 0 Å². The predicted molar refractivity (Wildman–Crippen MR) is 97.0 cm³/mol. The summed E-state index contributed by atoms with van der Waals surface area (Å²) in [4.78, 5) is 20.0. The summed E-state index contributed by atoms with van der Waals surface area (Å²) in [5.41, 5.74) is 3.14. The first-order valence-corrected chi connectivity index (χ1v) is 9.37. The summed E-state index contributed by atoms with van der Waals surface area (Å²) in [7, 11) is 0. The molecule has 26 heavy (non-hydrogen) atoms. The van der Waals surface area contributed by atoms with Crippen LogP contribution in [0.1, 0.15) is 46.2 Å². The minimum Gasteiger partial charge on any atom is -0.355 e. The molecule has 1 saturated heterocycles. The normalized spacial score (nSPS) is 17.5. The molecule has 0 saturated carbocycles. The lowest BCUT2D eigenvalue weighted by Crippen LogP contribution is -2.39. The Morgan fingerprint density at radius 3 is 3.04 bits per heavy atom. The number of hydrogen-bond acceptors (Lipinski definition) is 7. The van der Waals surface area contributed by atoms with Gasteiger partial charge in [0.05, 0.1) is 17.0 Å². The molecule has 0 aromatic carbocycles. The Balaban J connectivity index is 1.58. The van der Waals surface area contributed by atoms with Crippen molar-refractivity contribution >= 4 is 17.4 Å². The van der Waals surface area contributed by atoms with E-state index in [0.29, 0.717) is 17.9 Å². The predicted octanol–water partition coefficient (Wildman–Crippen LogP) is 3.22. The highest BCUT2D eigenvalue weighted by molar-refractivity contribution is 7.09. The number of nitrogens with zero attached hydrogens (tertiary/aromatic N) is 5. The zero-order chi connectivity index (χ0) is 18.1. The fraction of sp³-hybridized carbons (Fsp3) is 0.389. The van der Waals surface area contributed by atoms with Gasteiger partial charge in [-0.05, 0) is 50.4 Å². The largest absolute Gasteiger partial charge is 0.355 e. The maximum atomic E-state index is 12.9. The highest BCUT2D eigenvalue weighted by atomic mass is 32.1. The van der Waals surface area contributed by atoms with Crippen molar-refractivity contribution in [1.82, 2.24) is 24.6 Å². The van der Waals surface area contributed by atoms with Gasteiger partial charge in [-0.25, -0.2) is 0 Å². The molecule has 8 heteroatoms. The number of amides is 1. The van der Waals surface area contributed by atoms with Crippen LogP contribution in [0.3, 0.4) is 0 Å². The number of aromatic nitrogens is 4. The molecule has 0 spiro atoms. The number of carbonyl (C=O) groups is 1. The minimum atomic E-state index is 0.0283. The molecule has 3 aromatic rings. The van der Waals surface area contributed by atoms with Crippen LogP contribution in [-0.4, -0.2) is 43.6 Å². The van der Waals surface area contributed by atoms with Crippen molar-refractivity contribution in [2.75, 3.05) is 13.1 Å². The number of rotatable bonds is 3. The zero-order valence-electron chi connectivity index (χ0n) is 14.7. The van der Waals surface area contributed by atoms with Crippen molar-refractivity contribution in [2.45, 2.75) is 32.6 Å². The van der Waals surface area contributed by atoms with Crippen LogP contribution in [0.2, 0.25) is 0 Å². The van der Waals surface area contributed by atoms with Crippen LogP contribution < -0.4 is 0 Å². The number of piperidine rings is 1. The summed E-state index contributed by atoms with van der Waals surface area (Å²) < 4.78 is 9.51. The molecule has 1 fully saturated rings. The summed E-state index contributed by atoms with van der Waals surface area (Å²) in [6.07, 6.45) is 3.61. The fourth-order valence-corrected chi connectivity index (χ4v) is 4.07. The maximum absolute atomic E-state index is 12.9. The SMILES string of the molecule is Cc1cc(-c2snnc2[C@@H]2CCCN(C(=O)c3cccnc3C)C2)on1. The van der Waals surface area contributed by atoms with Gasteiger partial charge in [0.25, 0.3) is 5.91 Å². The van der Waals surface area contributed by atoms with Crippen LogP contribution in [0.5, 0.6) is 0 Å². The van der Waals surface area contributed by atoms with Crippen molar-refractivity contribution in [2.24, 2.45) is 0 Å². The zero-order valence-corrected chi connectivity index (χ0v) is 15.5. The van der Waals surface area contributed by atoms with Gasteiger partial charge in [-0.15, -0.1) is 5.10 Å². The van der Waals surface area contributed by atoms with Gasteiger partial charge in [0.15, 0.2) is 5.76 Å². The van der Waals surface area contributed by atoms with Crippen LogP contribution in [0.25, 0.3) is 10.6 Å². The van der Waals surface area contributed by atoms with E-state index in [9.17, 15) is 4.79 Å². The van der Waals surface area contributed by atoms with Crippen molar-refractivity contribution in [3.63, 3.8) is 0 Å². The van der Waals surface area contributed by atoms with E-state index in [-0.39, 0.29) is 11.8 Å². The first-order chi connectivity index (χ1) is 12.6. The average molecular weight is 369 g/mol. The van der Waals surface area contributed by atoms with E-state index in [1.54, 1.807) is 12.3 Å². The average Bonchev–Trinajstić information content (AvgIpc) is 3.30. The summed E-state index contributed by atoms with van der Waals surface area (Å²) in [6, 6.07) is 5.53. The van der Waals surface area contributed by atoms with Gasteiger partial charge in [0.2, 0.25) is 0 Å². The lowest BCUT2D eigenvalue weighted by molar-refractivity contribution is 0.0704.